The zero-order valence-electron chi connectivity index (χ0n) is 69.6. The molecule has 40 heteroatoms. The highest BCUT2D eigenvalue weighted by Gasteiger charge is 2.50. The fourth-order valence-electron chi connectivity index (χ4n) is 22.5. The summed E-state index contributed by atoms with van der Waals surface area (Å²) in [7, 11) is 0. The molecule has 14 fully saturated rings. The van der Waals surface area contributed by atoms with Crippen molar-refractivity contribution >= 4 is 101 Å². The Kier molecular flexibility index (Phi) is 29.6. The molecule has 122 heavy (non-hydrogen) atoms. The zero-order valence-corrected chi connectivity index (χ0v) is 69.6. The number of imide groups is 2. The van der Waals surface area contributed by atoms with Crippen molar-refractivity contribution in [3.63, 3.8) is 0 Å². The average Bonchev–Trinajstić information content (AvgIpc) is 1.67. The lowest BCUT2D eigenvalue weighted by atomic mass is 9.95. The number of nitrogens with two attached hydrogens (primary N) is 1. The van der Waals surface area contributed by atoms with Crippen LogP contribution in [0.4, 0.5) is 9.59 Å². The first kappa shape index (κ1) is 89.0. The Morgan fingerprint density at radius 1 is 0.189 bits per heavy atom. The van der Waals surface area contributed by atoms with Crippen molar-refractivity contribution in [2.75, 3.05) is 78.5 Å². The summed E-state index contributed by atoms with van der Waals surface area (Å²) in [5, 5.41) is 66.2. The molecule has 8 saturated carbocycles. The Balaban J connectivity index is 0.482. The molecule has 0 aromatic rings. The van der Waals surface area contributed by atoms with Gasteiger partial charge in [-0.25, -0.2) is 9.59 Å². The lowest BCUT2D eigenvalue weighted by Crippen LogP contribution is -2.56. The summed E-state index contributed by atoms with van der Waals surface area (Å²) in [5.74, 6) is -13.9. The summed E-state index contributed by atoms with van der Waals surface area (Å²) in [6.07, 6.45) is 14.2. The van der Waals surface area contributed by atoms with Crippen LogP contribution in [-0.4, -0.2) is 264 Å². The first-order chi connectivity index (χ1) is 58.8. The predicted octanol–water partition coefficient (Wildman–Crippen LogP) is -6.58. The van der Waals surface area contributed by atoms with Gasteiger partial charge in [-0.3, -0.25) is 82.6 Å². The van der Waals surface area contributed by atoms with Gasteiger partial charge >= 0.3 is 12.1 Å². The van der Waals surface area contributed by atoms with Gasteiger partial charge in [-0.1, -0.05) is 51.4 Å². The molecule has 0 radical (unpaired) electrons. The maximum atomic E-state index is 14.2. The Morgan fingerprint density at radius 2 is 0.352 bits per heavy atom. The highest BCUT2D eigenvalue weighted by molar-refractivity contribution is 5.98. The number of rotatable bonds is 28. The molecule has 8 aliphatic carbocycles. The quantitative estimate of drug-likeness (QED) is 0.0346. The molecule has 6 saturated heterocycles. The number of hydrogen-bond donors (Lipinski definition) is 23. The highest BCUT2D eigenvalue weighted by atomic mass is 16.2. The lowest BCUT2D eigenvalue weighted by molar-refractivity contribution is -0.132. The number of urea groups is 2. The third-order valence-electron chi connectivity index (χ3n) is 29.3. The maximum absolute atomic E-state index is 14.2. The van der Waals surface area contributed by atoms with Crippen LogP contribution in [0.2, 0.25) is 0 Å². The van der Waals surface area contributed by atoms with Crippen LogP contribution in [-0.2, 0) is 71.9 Å². The Morgan fingerprint density at radius 3 is 0.557 bits per heavy atom. The van der Waals surface area contributed by atoms with Gasteiger partial charge in [0.2, 0.25) is 88.6 Å². The van der Waals surface area contributed by atoms with Crippen LogP contribution in [0.5, 0.6) is 0 Å². The van der Waals surface area contributed by atoms with Gasteiger partial charge in [-0.15, -0.1) is 0 Å². The second-order valence-electron chi connectivity index (χ2n) is 37.0. The van der Waals surface area contributed by atoms with E-state index in [0.717, 1.165) is 25.7 Å². The monoisotopic (exact) mass is 1710 g/mol. The molecule has 6 heterocycles. The fourth-order valence-corrected chi connectivity index (χ4v) is 22.5. The molecule has 28 atom stereocenters. The summed E-state index contributed by atoms with van der Waals surface area (Å²) in [5.41, 5.74) is 5.59. The molecular formula is C82H127N23O17. The molecule has 0 aromatic heterocycles. The molecule has 19 amide bonds. The first-order valence-corrected chi connectivity index (χ1v) is 45.2. The summed E-state index contributed by atoms with van der Waals surface area (Å²) in [6, 6.07) is -9.08. The number of carbonyl (C=O) groups excluding carboxylic acids is 17. The molecule has 24 N–H and O–H groups in total. The predicted molar refractivity (Wildman–Crippen MR) is 436 cm³/mol. The van der Waals surface area contributed by atoms with Gasteiger partial charge in [0.15, 0.2) is 0 Å². The Hall–Kier alpha value is -9.25. The van der Waals surface area contributed by atoms with E-state index in [1.54, 1.807) is 0 Å². The van der Waals surface area contributed by atoms with E-state index in [4.69, 9.17) is 5.73 Å². The van der Waals surface area contributed by atoms with Crippen LogP contribution in [0.15, 0.2) is 0 Å². The van der Waals surface area contributed by atoms with Crippen LogP contribution < -0.4 is 123 Å². The fraction of sp³-hybridized carbons (Fsp3) is 0.793. The average molecular weight is 1710 g/mol. The van der Waals surface area contributed by atoms with E-state index >= 15 is 0 Å². The van der Waals surface area contributed by atoms with Crippen molar-refractivity contribution in [3.8, 4) is 0 Å². The molecule has 0 bridgehead atoms. The molecule has 28 unspecified atom stereocenters. The van der Waals surface area contributed by atoms with E-state index < -0.39 is 179 Å². The molecule has 14 aliphatic rings. The van der Waals surface area contributed by atoms with Crippen molar-refractivity contribution in [2.24, 2.45) is 88.6 Å². The van der Waals surface area contributed by atoms with Crippen LogP contribution in [0, 0.1) is 82.9 Å². The number of carbonyl (C=O) groups is 17. The Bertz CT molecular complexity index is 3950. The summed E-state index contributed by atoms with van der Waals surface area (Å²) < 4.78 is 0. The maximum Gasteiger partial charge on any atom is 0.321 e. The Labute approximate surface area is 708 Å². The van der Waals surface area contributed by atoms with Crippen molar-refractivity contribution in [3.05, 3.63) is 0 Å². The molecule has 672 valence electrons. The zero-order chi connectivity index (χ0) is 86.0. The van der Waals surface area contributed by atoms with Crippen molar-refractivity contribution in [2.45, 2.75) is 246 Å². The SMILES string of the molecule is CC(=O)NC1CCCC1C(=O)NC1CCCC1C(=O)NC1CNCC1C(=O)NC1CCCC1C(=O)NC1CNCC1C(=O)NC1CCCC1C(=O)NC(=O)NC1CNCC1C(=O)NC1CCCC1C(=O)NC1CNCC1C(=O)NC1CCCC1C(=O)NC(=O)NC1CNCC1C(=O)NC1CCCC1C(=O)NC1CNCC1C(=O)NC1CCCC1C(N)=O. The van der Waals surface area contributed by atoms with Crippen molar-refractivity contribution in [1.82, 2.24) is 117 Å². The van der Waals surface area contributed by atoms with Gasteiger partial charge in [-0.05, 0) is 103 Å². The van der Waals surface area contributed by atoms with Crippen molar-refractivity contribution in [1.29, 1.82) is 0 Å². The van der Waals surface area contributed by atoms with E-state index in [0.29, 0.717) is 161 Å². The number of nitrogens with one attached hydrogen (secondary N) is 22. The number of primary amides is 1. The topological polar surface area (TPSA) is 581 Å². The van der Waals surface area contributed by atoms with Gasteiger partial charge in [-0.2, -0.15) is 0 Å². The molecule has 40 nitrogen and oxygen atoms in total. The normalized spacial score (nSPS) is 36.9. The highest BCUT2D eigenvalue weighted by Crippen LogP contribution is 2.36. The molecule has 6 aliphatic heterocycles. The van der Waals surface area contributed by atoms with E-state index in [-0.39, 0.29) is 135 Å². The summed E-state index contributed by atoms with van der Waals surface area (Å²) >= 11 is 0. The molecule has 0 spiro atoms. The number of hydrogen-bond acceptors (Lipinski definition) is 23. The molecular weight excluding hydrogens is 1580 g/mol. The summed E-state index contributed by atoms with van der Waals surface area (Å²) in [4.78, 5) is 232. The van der Waals surface area contributed by atoms with Crippen molar-refractivity contribution < 1.29 is 81.5 Å². The molecule has 0 aromatic carbocycles. The minimum atomic E-state index is -0.820. The number of amides is 19. The third kappa shape index (κ3) is 21.2. The minimum Gasteiger partial charge on any atom is -0.369 e. The second kappa shape index (κ2) is 40.6. The largest absolute Gasteiger partial charge is 0.369 e. The van der Waals surface area contributed by atoms with E-state index in [1.807, 2.05) is 0 Å². The van der Waals surface area contributed by atoms with Gasteiger partial charge in [0.05, 0.1) is 119 Å². The van der Waals surface area contributed by atoms with Gasteiger partial charge in [0, 0.05) is 134 Å². The van der Waals surface area contributed by atoms with Gasteiger partial charge < -0.3 is 112 Å². The van der Waals surface area contributed by atoms with Crippen LogP contribution in [0.3, 0.4) is 0 Å². The standard InChI is InChI=1S/C82H127N23O17/c1-38(106)90-54-19-3-11-40(54)68(108)92-55-20-4-12-41(55)69(109)99-62-33-85-27-48(62)76(116)93-56-21-5-13-42(56)70(110)100-63-34-86-28-49(63)77(117)96-59-24-8-16-45(59)73(113)104-82(122)103-66-37-89-31-52(66)80(120)95-58-23-7-15-44(58)72(112)101-64-35-87-29-50(64)78(118)97-60-25-9-17-46(60)74(114)105-81(121)102-65-36-88-30-51(65)79(119)94-57-22-6-14-43(57)71(111)98-61-32-84-26-47(61)75(115)91-53-18-2-10-39(53)67(83)107/h39-66,84-89H,2-37H2,1H3,(H2,83,107)(H,90,106)(H,91,115)(H,92,108)(H,93,116)(H,94,119)(H,95,120)(H,96,117)(H,97,118)(H,98,111)(H,99,109)(H,100,110)(H,101,112)(H2,102,105,114,121)(H2,103,104,113,122). The van der Waals surface area contributed by atoms with Crippen LogP contribution >= 0.6 is 0 Å². The van der Waals surface area contributed by atoms with E-state index in [1.165, 1.54) is 6.92 Å². The van der Waals surface area contributed by atoms with Crippen LogP contribution in [0.1, 0.15) is 161 Å². The minimum absolute atomic E-state index is 0.163. The van der Waals surface area contributed by atoms with Crippen LogP contribution in [0.25, 0.3) is 0 Å². The van der Waals surface area contributed by atoms with E-state index in [9.17, 15) is 81.5 Å². The second-order valence-corrected chi connectivity index (χ2v) is 37.0. The van der Waals surface area contributed by atoms with Gasteiger partial charge in [0.25, 0.3) is 0 Å². The van der Waals surface area contributed by atoms with Gasteiger partial charge in [0.1, 0.15) is 0 Å². The summed E-state index contributed by atoms with van der Waals surface area (Å²) in [6.45, 7) is 4.78. The lowest BCUT2D eigenvalue weighted by Gasteiger charge is -2.28. The smallest absolute Gasteiger partial charge is 0.321 e. The first-order valence-electron chi connectivity index (χ1n) is 45.2. The van der Waals surface area contributed by atoms with E-state index in [2.05, 4.69) is 117 Å². The molecule has 14 rings (SSSR count). The third-order valence-corrected chi connectivity index (χ3v) is 29.3.